The largest absolute Gasteiger partial charge is 0.381 e. The van der Waals surface area contributed by atoms with E-state index in [1.54, 1.807) is 0 Å². The van der Waals surface area contributed by atoms with Crippen LogP contribution in [0.2, 0.25) is 0 Å². The molecule has 2 aliphatic rings. The van der Waals surface area contributed by atoms with Crippen LogP contribution in [0, 0.1) is 5.92 Å². The molecule has 2 aromatic heterocycles. The van der Waals surface area contributed by atoms with Gasteiger partial charge in [0, 0.05) is 31.8 Å². The Labute approximate surface area is 161 Å². The molecule has 1 aliphatic carbocycles. The van der Waals surface area contributed by atoms with E-state index >= 15 is 0 Å². The number of hydrogen-bond acceptors (Lipinski definition) is 3. The Hall–Kier alpha value is -1.88. The predicted molar refractivity (Wildman–Crippen MR) is 106 cm³/mol. The average Bonchev–Trinajstić information content (AvgIpc) is 3.12. The number of carbonyl (C=O) groups excluding carboxylic acids is 1. The molecular weight excluding hydrogens is 338 g/mol. The normalized spacial score (nSPS) is 21.7. The molecule has 1 aliphatic heterocycles. The molecule has 3 heterocycles. The monoisotopic (exact) mass is 369 g/mol. The van der Waals surface area contributed by atoms with E-state index in [2.05, 4.69) is 10.6 Å². The SMILES string of the molecule is CCOCC1CCCN(C(=O)c2nc(C3CCCCC3)n3ccccc23)C1. The summed E-state index contributed by atoms with van der Waals surface area (Å²) in [7, 11) is 0. The molecule has 0 bridgehead atoms. The second-order valence-electron chi connectivity index (χ2n) is 8.03. The van der Waals surface area contributed by atoms with Crippen molar-refractivity contribution in [3.05, 3.63) is 35.9 Å². The van der Waals surface area contributed by atoms with Gasteiger partial charge in [0.25, 0.3) is 5.91 Å². The summed E-state index contributed by atoms with van der Waals surface area (Å²) < 4.78 is 7.76. The van der Waals surface area contributed by atoms with Gasteiger partial charge >= 0.3 is 0 Å². The zero-order valence-corrected chi connectivity index (χ0v) is 16.4. The lowest BCUT2D eigenvalue weighted by Crippen LogP contribution is -2.41. The highest BCUT2D eigenvalue weighted by atomic mass is 16.5. The summed E-state index contributed by atoms with van der Waals surface area (Å²) in [6.07, 6.45) is 10.5. The lowest BCUT2D eigenvalue weighted by atomic mass is 9.89. The first-order valence-corrected chi connectivity index (χ1v) is 10.6. The van der Waals surface area contributed by atoms with Gasteiger partial charge in [-0.25, -0.2) is 4.98 Å². The number of carbonyl (C=O) groups is 1. The van der Waals surface area contributed by atoms with Crippen molar-refractivity contribution >= 4 is 11.4 Å². The summed E-state index contributed by atoms with van der Waals surface area (Å²) in [5.74, 6) is 2.08. The van der Waals surface area contributed by atoms with Gasteiger partial charge in [0.1, 0.15) is 5.82 Å². The molecule has 0 N–H and O–H groups in total. The van der Waals surface area contributed by atoms with Gasteiger partial charge in [-0.15, -0.1) is 0 Å². The molecule has 1 unspecified atom stereocenters. The van der Waals surface area contributed by atoms with Gasteiger partial charge in [-0.2, -0.15) is 0 Å². The molecule has 27 heavy (non-hydrogen) atoms. The van der Waals surface area contributed by atoms with E-state index in [4.69, 9.17) is 9.72 Å². The fourth-order valence-corrected chi connectivity index (χ4v) is 4.69. The summed E-state index contributed by atoms with van der Waals surface area (Å²) in [4.78, 5) is 20.2. The smallest absolute Gasteiger partial charge is 0.274 e. The van der Waals surface area contributed by atoms with Crippen LogP contribution in [0.4, 0.5) is 0 Å². The minimum Gasteiger partial charge on any atom is -0.381 e. The molecular formula is C22H31N3O2. The van der Waals surface area contributed by atoms with Gasteiger partial charge in [0.15, 0.2) is 5.69 Å². The fraction of sp³-hybridized carbons (Fsp3) is 0.636. The maximum Gasteiger partial charge on any atom is 0.274 e. The van der Waals surface area contributed by atoms with E-state index in [1.807, 2.05) is 30.0 Å². The summed E-state index contributed by atoms with van der Waals surface area (Å²) >= 11 is 0. The first-order valence-electron chi connectivity index (χ1n) is 10.6. The van der Waals surface area contributed by atoms with Crippen LogP contribution in [-0.4, -0.2) is 46.5 Å². The highest BCUT2D eigenvalue weighted by Gasteiger charge is 2.29. The third-order valence-corrected chi connectivity index (χ3v) is 6.11. The molecule has 1 amide bonds. The number of pyridine rings is 1. The van der Waals surface area contributed by atoms with Crippen molar-refractivity contribution in [1.82, 2.24) is 14.3 Å². The standard InChI is InChI=1S/C22H31N3O2/c1-2-27-16-17-9-8-13-24(15-17)22(26)20-19-12-6-7-14-25(19)21(23-20)18-10-4-3-5-11-18/h6-7,12,14,17-18H,2-5,8-11,13,15-16H2,1H3. The Bertz CT molecular complexity index is 779. The Kier molecular flexibility index (Phi) is 5.77. The van der Waals surface area contributed by atoms with Crippen LogP contribution in [-0.2, 0) is 4.74 Å². The highest BCUT2D eigenvalue weighted by molar-refractivity contribution is 5.99. The lowest BCUT2D eigenvalue weighted by Gasteiger charge is -2.32. The molecule has 146 valence electrons. The second kappa shape index (κ2) is 8.42. The van der Waals surface area contributed by atoms with Crippen molar-refractivity contribution in [2.24, 2.45) is 5.92 Å². The molecule has 2 fully saturated rings. The van der Waals surface area contributed by atoms with Crippen molar-refractivity contribution in [3.8, 4) is 0 Å². The number of ether oxygens (including phenoxy) is 1. The number of nitrogens with zero attached hydrogens (tertiary/aromatic N) is 3. The van der Waals surface area contributed by atoms with Crippen molar-refractivity contribution < 1.29 is 9.53 Å². The minimum absolute atomic E-state index is 0.0851. The first kappa shape index (κ1) is 18.5. The molecule has 0 radical (unpaired) electrons. The predicted octanol–water partition coefficient (Wildman–Crippen LogP) is 4.27. The number of piperidine rings is 1. The molecule has 1 saturated carbocycles. The molecule has 4 rings (SSSR count). The number of fused-ring (bicyclic) bond motifs is 1. The van der Waals surface area contributed by atoms with Crippen LogP contribution in [0.3, 0.4) is 0 Å². The zero-order chi connectivity index (χ0) is 18.6. The van der Waals surface area contributed by atoms with Crippen LogP contribution in [0.5, 0.6) is 0 Å². The summed E-state index contributed by atoms with van der Waals surface area (Å²) in [5.41, 5.74) is 1.59. The Morgan fingerprint density at radius 2 is 2.04 bits per heavy atom. The number of hydrogen-bond donors (Lipinski definition) is 0. The molecule has 1 saturated heterocycles. The molecule has 5 heteroatoms. The van der Waals surface area contributed by atoms with Crippen molar-refractivity contribution in [2.75, 3.05) is 26.3 Å². The molecule has 5 nitrogen and oxygen atoms in total. The lowest BCUT2D eigenvalue weighted by molar-refractivity contribution is 0.0498. The number of imidazole rings is 1. The third-order valence-electron chi connectivity index (χ3n) is 6.11. The number of aromatic nitrogens is 2. The van der Waals surface area contributed by atoms with E-state index < -0.39 is 0 Å². The Morgan fingerprint density at radius 1 is 1.19 bits per heavy atom. The van der Waals surface area contributed by atoms with Crippen LogP contribution in [0.25, 0.3) is 5.52 Å². The van der Waals surface area contributed by atoms with Crippen molar-refractivity contribution in [1.29, 1.82) is 0 Å². The van der Waals surface area contributed by atoms with E-state index in [0.29, 0.717) is 17.5 Å². The third kappa shape index (κ3) is 3.88. The molecule has 0 aromatic carbocycles. The van der Waals surface area contributed by atoms with Gasteiger partial charge in [-0.3, -0.25) is 4.79 Å². The van der Waals surface area contributed by atoms with Gasteiger partial charge in [-0.05, 0) is 50.7 Å². The van der Waals surface area contributed by atoms with Crippen molar-refractivity contribution in [3.63, 3.8) is 0 Å². The van der Waals surface area contributed by atoms with E-state index in [0.717, 1.165) is 50.5 Å². The first-order chi connectivity index (χ1) is 13.3. The summed E-state index contributed by atoms with van der Waals surface area (Å²) in [6.45, 7) is 5.11. The van der Waals surface area contributed by atoms with Gasteiger partial charge < -0.3 is 14.0 Å². The van der Waals surface area contributed by atoms with E-state index in [1.165, 1.54) is 32.1 Å². The number of amides is 1. The Balaban J connectivity index is 1.60. The highest BCUT2D eigenvalue weighted by Crippen LogP contribution is 2.33. The van der Waals surface area contributed by atoms with Crippen LogP contribution < -0.4 is 0 Å². The molecule has 0 spiro atoms. The maximum absolute atomic E-state index is 13.3. The Morgan fingerprint density at radius 3 is 2.85 bits per heavy atom. The summed E-state index contributed by atoms with van der Waals surface area (Å²) in [6, 6.07) is 6.08. The van der Waals surface area contributed by atoms with Gasteiger partial charge in [0.05, 0.1) is 12.1 Å². The van der Waals surface area contributed by atoms with Gasteiger partial charge in [0.2, 0.25) is 0 Å². The van der Waals surface area contributed by atoms with Crippen LogP contribution >= 0.6 is 0 Å². The minimum atomic E-state index is 0.0851. The summed E-state index contributed by atoms with van der Waals surface area (Å²) in [5, 5.41) is 0. The molecule has 1 atom stereocenters. The molecule has 2 aromatic rings. The van der Waals surface area contributed by atoms with Crippen molar-refractivity contribution in [2.45, 2.75) is 57.8 Å². The van der Waals surface area contributed by atoms with Crippen LogP contribution in [0.1, 0.15) is 74.1 Å². The zero-order valence-electron chi connectivity index (χ0n) is 16.4. The maximum atomic E-state index is 13.3. The van der Waals surface area contributed by atoms with Gasteiger partial charge in [-0.1, -0.05) is 25.3 Å². The number of rotatable bonds is 5. The second-order valence-corrected chi connectivity index (χ2v) is 8.03. The van der Waals surface area contributed by atoms with E-state index in [9.17, 15) is 4.79 Å². The number of likely N-dealkylation sites (tertiary alicyclic amines) is 1. The fourth-order valence-electron chi connectivity index (χ4n) is 4.69. The quantitative estimate of drug-likeness (QED) is 0.791. The average molecular weight is 370 g/mol. The topological polar surface area (TPSA) is 46.8 Å². The van der Waals surface area contributed by atoms with Crippen LogP contribution in [0.15, 0.2) is 24.4 Å². The van der Waals surface area contributed by atoms with E-state index in [-0.39, 0.29) is 5.91 Å².